The van der Waals surface area contributed by atoms with Crippen LogP contribution < -0.4 is 4.74 Å². The van der Waals surface area contributed by atoms with Gasteiger partial charge in [-0.15, -0.1) is 0 Å². The largest absolute Gasteiger partial charge is 0.493 e. The van der Waals surface area contributed by atoms with Crippen LogP contribution in [0.3, 0.4) is 0 Å². The van der Waals surface area contributed by atoms with E-state index < -0.39 is 5.97 Å². The van der Waals surface area contributed by atoms with Crippen LogP contribution in [0.25, 0.3) is 0 Å². The van der Waals surface area contributed by atoms with Gasteiger partial charge in [-0.05, 0) is 42.4 Å². The van der Waals surface area contributed by atoms with Gasteiger partial charge in [0.2, 0.25) is 0 Å². The van der Waals surface area contributed by atoms with Crippen LogP contribution in [0.5, 0.6) is 5.75 Å². The molecule has 1 aliphatic rings. The lowest BCUT2D eigenvalue weighted by Crippen LogP contribution is -2.15. The zero-order chi connectivity index (χ0) is 14.4. The van der Waals surface area contributed by atoms with E-state index in [-0.39, 0.29) is 12.3 Å². The minimum absolute atomic E-state index is 0.0416. The molecule has 3 heteroatoms. The van der Waals surface area contributed by atoms with Crippen molar-refractivity contribution in [3.05, 3.63) is 29.8 Å². The Morgan fingerprint density at radius 3 is 2.50 bits per heavy atom. The number of carboxylic acids is 1. The summed E-state index contributed by atoms with van der Waals surface area (Å²) in [5.41, 5.74) is 1.05. The quantitative estimate of drug-likeness (QED) is 0.846. The number of carbonyl (C=O) groups is 1. The highest BCUT2D eigenvalue weighted by molar-refractivity contribution is 5.67. The van der Waals surface area contributed by atoms with Crippen molar-refractivity contribution in [1.29, 1.82) is 0 Å². The molecule has 1 aliphatic carbocycles. The number of hydrogen-bond donors (Lipinski definition) is 1. The number of carboxylic acid groups (broad SMARTS) is 1. The second-order valence-corrected chi connectivity index (χ2v) is 5.88. The molecule has 0 saturated heterocycles. The van der Waals surface area contributed by atoms with E-state index in [4.69, 9.17) is 9.84 Å². The zero-order valence-corrected chi connectivity index (χ0v) is 12.2. The molecule has 0 bridgehead atoms. The van der Waals surface area contributed by atoms with Crippen molar-refractivity contribution in [2.75, 3.05) is 6.61 Å². The SMILES string of the molecule is C[C@@H](CC(=O)O)c1ccc(OCC2CCCCC2)cc1. The fourth-order valence-electron chi connectivity index (χ4n) is 2.84. The second-order valence-electron chi connectivity index (χ2n) is 5.88. The molecule has 20 heavy (non-hydrogen) atoms. The Morgan fingerprint density at radius 2 is 1.90 bits per heavy atom. The molecule has 0 heterocycles. The summed E-state index contributed by atoms with van der Waals surface area (Å²) in [6.07, 6.45) is 6.77. The Bertz CT molecular complexity index is 418. The number of benzene rings is 1. The van der Waals surface area contributed by atoms with Crippen molar-refractivity contribution in [2.24, 2.45) is 5.92 Å². The summed E-state index contributed by atoms with van der Waals surface area (Å²) in [6.45, 7) is 2.75. The third-order valence-electron chi connectivity index (χ3n) is 4.14. The van der Waals surface area contributed by atoms with Crippen molar-refractivity contribution < 1.29 is 14.6 Å². The van der Waals surface area contributed by atoms with Gasteiger partial charge in [0.25, 0.3) is 0 Å². The predicted octanol–water partition coefficient (Wildman–Crippen LogP) is 4.22. The second kappa shape index (κ2) is 7.32. The maximum absolute atomic E-state index is 10.7. The fraction of sp³-hybridized carbons (Fsp3) is 0.588. The maximum Gasteiger partial charge on any atom is 0.303 e. The summed E-state index contributed by atoms with van der Waals surface area (Å²) >= 11 is 0. The standard InChI is InChI=1S/C17H24O3/c1-13(11-17(18)19)15-7-9-16(10-8-15)20-12-14-5-3-2-4-6-14/h7-10,13-14H,2-6,11-12H2,1H3,(H,18,19)/t13-/m0/s1. The van der Waals surface area contributed by atoms with E-state index in [1.54, 1.807) is 0 Å². The van der Waals surface area contributed by atoms with Gasteiger partial charge in [-0.2, -0.15) is 0 Å². The monoisotopic (exact) mass is 276 g/mol. The molecule has 0 unspecified atom stereocenters. The van der Waals surface area contributed by atoms with Gasteiger partial charge in [0.15, 0.2) is 0 Å². The van der Waals surface area contributed by atoms with Crippen LogP contribution in [0.15, 0.2) is 24.3 Å². The van der Waals surface area contributed by atoms with E-state index in [0.29, 0.717) is 5.92 Å². The van der Waals surface area contributed by atoms with E-state index in [2.05, 4.69) is 0 Å². The Morgan fingerprint density at radius 1 is 1.25 bits per heavy atom. The number of ether oxygens (including phenoxy) is 1. The molecule has 0 aliphatic heterocycles. The fourth-order valence-corrected chi connectivity index (χ4v) is 2.84. The van der Waals surface area contributed by atoms with Gasteiger partial charge in [-0.25, -0.2) is 0 Å². The summed E-state index contributed by atoms with van der Waals surface area (Å²) < 4.78 is 5.84. The third kappa shape index (κ3) is 4.55. The molecule has 0 spiro atoms. The molecule has 1 aromatic carbocycles. The van der Waals surface area contributed by atoms with Gasteiger partial charge >= 0.3 is 5.97 Å². The lowest BCUT2D eigenvalue weighted by molar-refractivity contribution is -0.137. The van der Waals surface area contributed by atoms with Crippen LogP contribution in [0.2, 0.25) is 0 Å². The van der Waals surface area contributed by atoms with E-state index in [1.807, 2.05) is 31.2 Å². The molecule has 1 saturated carbocycles. The highest BCUT2D eigenvalue weighted by Gasteiger charge is 2.14. The first-order valence-electron chi connectivity index (χ1n) is 7.59. The van der Waals surface area contributed by atoms with Gasteiger partial charge in [-0.1, -0.05) is 38.3 Å². The third-order valence-corrected chi connectivity index (χ3v) is 4.14. The highest BCUT2D eigenvalue weighted by Crippen LogP contribution is 2.26. The molecule has 0 radical (unpaired) electrons. The summed E-state index contributed by atoms with van der Waals surface area (Å²) in [4.78, 5) is 10.7. The molecule has 1 aromatic rings. The van der Waals surface area contributed by atoms with Crippen LogP contribution >= 0.6 is 0 Å². The Hall–Kier alpha value is -1.51. The van der Waals surface area contributed by atoms with Gasteiger partial charge < -0.3 is 9.84 Å². The number of aliphatic carboxylic acids is 1. The average molecular weight is 276 g/mol. The average Bonchev–Trinajstić information content (AvgIpc) is 2.46. The summed E-state index contributed by atoms with van der Waals surface area (Å²) in [6, 6.07) is 7.86. The van der Waals surface area contributed by atoms with Crippen molar-refractivity contribution in [2.45, 2.75) is 51.4 Å². The topological polar surface area (TPSA) is 46.5 Å². The molecule has 2 rings (SSSR count). The minimum atomic E-state index is -0.755. The normalized spacial score (nSPS) is 17.6. The Labute approximate surface area is 121 Å². The first-order chi connectivity index (χ1) is 9.65. The summed E-state index contributed by atoms with van der Waals surface area (Å²) in [5.74, 6) is 0.881. The molecular formula is C17H24O3. The Kier molecular flexibility index (Phi) is 5.45. The zero-order valence-electron chi connectivity index (χ0n) is 12.2. The van der Waals surface area contributed by atoms with Crippen molar-refractivity contribution >= 4 is 5.97 Å². The maximum atomic E-state index is 10.7. The molecule has 0 amide bonds. The summed E-state index contributed by atoms with van der Waals surface area (Å²) in [7, 11) is 0. The van der Waals surface area contributed by atoms with Crippen LogP contribution in [0, 0.1) is 5.92 Å². The number of hydrogen-bond acceptors (Lipinski definition) is 2. The first-order valence-corrected chi connectivity index (χ1v) is 7.59. The molecular weight excluding hydrogens is 252 g/mol. The van der Waals surface area contributed by atoms with Crippen LogP contribution in [-0.2, 0) is 4.79 Å². The van der Waals surface area contributed by atoms with Crippen LogP contribution in [0.1, 0.15) is 56.9 Å². The predicted molar refractivity (Wildman–Crippen MR) is 79.2 cm³/mol. The lowest BCUT2D eigenvalue weighted by atomic mass is 9.90. The molecule has 3 nitrogen and oxygen atoms in total. The van der Waals surface area contributed by atoms with Crippen LogP contribution in [0.4, 0.5) is 0 Å². The van der Waals surface area contributed by atoms with Gasteiger partial charge in [0, 0.05) is 0 Å². The van der Waals surface area contributed by atoms with E-state index in [9.17, 15) is 4.79 Å². The lowest BCUT2D eigenvalue weighted by Gasteiger charge is -2.21. The molecule has 110 valence electrons. The molecule has 1 fully saturated rings. The molecule has 0 aromatic heterocycles. The van der Waals surface area contributed by atoms with E-state index in [1.165, 1.54) is 32.1 Å². The highest BCUT2D eigenvalue weighted by atomic mass is 16.5. The van der Waals surface area contributed by atoms with Gasteiger partial charge in [-0.3, -0.25) is 4.79 Å². The smallest absolute Gasteiger partial charge is 0.303 e. The van der Waals surface area contributed by atoms with E-state index >= 15 is 0 Å². The van der Waals surface area contributed by atoms with Crippen LogP contribution in [-0.4, -0.2) is 17.7 Å². The van der Waals surface area contributed by atoms with Gasteiger partial charge in [0.1, 0.15) is 5.75 Å². The minimum Gasteiger partial charge on any atom is -0.493 e. The Balaban J connectivity index is 1.83. The summed E-state index contributed by atoms with van der Waals surface area (Å²) in [5, 5.41) is 8.80. The first kappa shape index (κ1) is 14.9. The van der Waals surface area contributed by atoms with Crippen molar-refractivity contribution in [3.63, 3.8) is 0 Å². The molecule has 1 atom stereocenters. The number of rotatable bonds is 6. The molecule has 1 N–H and O–H groups in total. The van der Waals surface area contributed by atoms with Crippen molar-refractivity contribution in [3.8, 4) is 5.75 Å². The van der Waals surface area contributed by atoms with E-state index in [0.717, 1.165) is 17.9 Å². The van der Waals surface area contributed by atoms with Crippen molar-refractivity contribution in [1.82, 2.24) is 0 Å². The van der Waals surface area contributed by atoms with Gasteiger partial charge in [0.05, 0.1) is 13.0 Å².